The maximum absolute atomic E-state index is 2.35. The van der Waals surface area contributed by atoms with Crippen molar-refractivity contribution in [1.29, 1.82) is 0 Å². The topological polar surface area (TPSA) is 0 Å². The molecule has 0 atom stereocenters. The van der Waals surface area contributed by atoms with Gasteiger partial charge < -0.3 is 0 Å². The first kappa shape index (κ1) is 28.3. The molecule has 0 saturated carbocycles. The van der Waals surface area contributed by atoms with Crippen molar-refractivity contribution in [2.75, 3.05) is 0 Å². The van der Waals surface area contributed by atoms with Gasteiger partial charge in [-0.1, -0.05) is 139 Å². The maximum Gasteiger partial charge on any atom is -0.0154 e. The van der Waals surface area contributed by atoms with Crippen LogP contribution in [0.25, 0.3) is 66.8 Å². The number of benzene rings is 7. The lowest BCUT2D eigenvalue weighted by atomic mass is 9.89. The molecule has 0 unspecified atom stereocenters. The van der Waals surface area contributed by atoms with Gasteiger partial charge in [-0.2, -0.15) is 0 Å². The van der Waals surface area contributed by atoms with E-state index in [0.717, 1.165) is 0 Å². The van der Waals surface area contributed by atoms with Crippen molar-refractivity contribution in [2.24, 2.45) is 0 Å². The van der Waals surface area contributed by atoms with Crippen LogP contribution in [0.15, 0.2) is 164 Å². The fourth-order valence-electron chi connectivity index (χ4n) is 6.32. The maximum atomic E-state index is 2.35. The van der Waals surface area contributed by atoms with E-state index in [-0.39, 0.29) is 0 Å². The lowest BCUT2D eigenvalue weighted by molar-refractivity contribution is 1.44. The molecule has 0 amide bonds. The summed E-state index contributed by atoms with van der Waals surface area (Å²) < 4.78 is 0. The molecule has 0 saturated heterocycles. The number of hydrogen-bond acceptors (Lipinski definition) is 0. The van der Waals surface area contributed by atoms with Gasteiger partial charge >= 0.3 is 0 Å². The Balaban J connectivity index is 1.35. The minimum Gasteiger partial charge on any atom is -0.0622 e. The van der Waals surface area contributed by atoms with Crippen LogP contribution in [0.2, 0.25) is 0 Å². The lowest BCUT2D eigenvalue weighted by Crippen LogP contribution is -1.91. The standard InChI is InChI=1S/C45H36/c1-31-12-10-18-36(22-31)41-25-39(34-14-6-4-7-15-34)26-42(28-41)38-20-21-45(33(3)24-38)44-29-40(35-16-8-5-9-17-35)27-43(30-44)37-19-11-13-32(2)23-37/h4-30H,1-3H3. The molecule has 0 radical (unpaired) electrons. The molecule has 7 aromatic rings. The highest BCUT2D eigenvalue weighted by Gasteiger charge is 2.12. The SMILES string of the molecule is Cc1cccc(-c2cc(-c3ccccc3)cc(-c3ccc(-c4cc(-c5ccccc5)cc(-c5cccc(C)c5)c4)c(C)c3)c2)c1. The first-order valence-electron chi connectivity index (χ1n) is 15.7. The average Bonchev–Trinajstić information content (AvgIpc) is 3.08. The van der Waals surface area contributed by atoms with Gasteiger partial charge in [0.15, 0.2) is 0 Å². The highest BCUT2D eigenvalue weighted by atomic mass is 14.2. The summed E-state index contributed by atoms with van der Waals surface area (Å²) in [5.74, 6) is 0. The summed E-state index contributed by atoms with van der Waals surface area (Å²) >= 11 is 0. The largest absolute Gasteiger partial charge is 0.0622 e. The molecule has 0 aromatic heterocycles. The Bertz CT molecular complexity index is 2120. The molecular formula is C45H36. The second-order valence-electron chi connectivity index (χ2n) is 12.1. The Hall–Kier alpha value is -5.46. The molecule has 0 heteroatoms. The molecule has 0 fully saturated rings. The molecular weight excluding hydrogens is 540 g/mol. The Morgan fingerprint density at radius 2 is 0.622 bits per heavy atom. The molecule has 0 bridgehead atoms. The molecule has 0 nitrogen and oxygen atoms in total. The van der Waals surface area contributed by atoms with E-state index in [2.05, 4.69) is 185 Å². The van der Waals surface area contributed by atoms with Crippen LogP contribution < -0.4 is 0 Å². The molecule has 0 N–H and O–H groups in total. The molecule has 45 heavy (non-hydrogen) atoms. The van der Waals surface area contributed by atoms with Gasteiger partial charge in [0.05, 0.1) is 0 Å². The van der Waals surface area contributed by atoms with E-state index in [1.54, 1.807) is 0 Å². The van der Waals surface area contributed by atoms with Gasteiger partial charge in [0.2, 0.25) is 0 Å². The average molecular weight is 577 g/mol. The predicted octanol–water partition coefficient (Wildman–Crippen LogP) is 12.6. The Morgan fingerprint density at radius 3 is 1.04 bits per heavy atom. The van der Waals surface area contributed by atoms with Crippen molar-refractivity contribution in [2.45, 2.75) is 20.8 Å². The smallest absolute Gasteiger partial charge is 0.0154 e. The van der Waals surface area contributed by atoms with Crippen LogP contribution in [-0.4, -0.2) is 0 Å². The second-order valence-corrected chi connectivity index (χ2v) is 12.1. The van der Waals surface area contributed by atoms with Crippen LogP contribution in [0.4, 0.5) is 0 Å². The van der Waals surface area contributed by atoms with Crippen LogP contribution >= 0.6 is 0 Å². The normalized spacial score (nSPS) is 11.0. The third-order valence-electron chi connectivity index (χ3n) is 8.65. The van der Waals surface area contributed by atoms with Gasteiger partial charge in [0.1, 0.15) is 0 Å². The van der Waals surface area contributed by atoms with Gasteiger partial charge in [0, 0.05) is 0 Å². The first-order chi connectivity index (χ1) is 22.0. The van der Waals surface area contributed by atoms with Crippen molar-refractivity contribution in [3.05, 3.63) is 180 Å². The molecule has 216 valence electrons. The Morgan fingerprint density at radius 1 is 0.244 bits per heavy atom. The van der Waals surface area contributed by atoms with Crippen LogP contribution in [0.1, 0.15) is 16.7 Å². The molecule has 0 heterocycles. The zero-order valence-electron chi connectivity index (χ0n) is 26.1. The fraction of sp³-hybridized carbons (Fsp3) is 0.0667. The van der Waals surface area contributed by atoms with Gasteiger partial charge in [-0.25, -0.2) is 0 Å². The third kappa shape index (κ3) is 6.14. The summed E-state index contributed by atoms with van der Waals surface area (Å²) in [6, 6.07) is 59.9. The minimum absolute atomic E-state index is 1.22. The van der Waals surface area contributed by atoms with E-state index in [0.29, 0.717) is 0 Å². The zero-order valence-corrected chi connectivity index (χ0v) is 26.1. The first-order valence-corrected chi connectivity index (χ1v) is 15.7. The van der Waals surface area contributed by atoms with Crippen LogP contribution in [-0.2, 0) is 0 Å². The summed E-state index contributed by atoms with van der Waals surface area (Å²) in [4.78, 5) is 0. The number of rotatable bonds is 6. The van der Waals surface area contributed by atoms with Crippen LogP contribution in [0, 0.1) is 20.8 Å². The Labute approximate surface area is 267 Å². The van der Waals surface area contributed by atoms with E-state index in [4.69, 9.17) is 0 Å². The molecule has 0 aliphatic carbocycles. The Kier molecular flexibility index (Phi) is 7.72. The monoisotopic (exact) mass is 576 g/mol. The summed E-state index contributed by atoms with van der Waals surface area (Å²) in [5, 5.41) is 0. The summed E-state index contributed by atoms with van der Waals surface area (Å²) in [6.07, 6.45) is 0. The molecule has 0 spiro atoms. The van der Waals surface area contributed by atoms with E-state index in [1.807, 2.05) is 0 Å². The zero-order chi connectivity index (χ0) is 30.8. The summed E-state index contributed by atoms with van der Waals surface area (Å²) in [6.45, 7) is 6.55. The van der Waals surface area contributed by atoms with E-state index in [1.165, 1.54) is 83.5 Å². The predicted molar refractivity (Wildman–Crippen MR) is 193 cm³/mol. The van der Waals surface area contributed by atoms with E-state index < -0.39 is 0 Å². The molecule has 7 aromatic carbocycles. The van der Waals surface area contributed by atoms with Crippen molar-refractivity contribution in [3.63, 3.8) is 0 Å². The van der Waals surface area contributed by atoms with Crippen LogP contribution in [0.3, 0.4) is 0 Å². The van der Waals surface area contributed by atoms with Gasteiger partial charge in [-0.15, -0.1) is 0 Å². The quantitative estimate of drug-likeness (QED) is 0.185. The van der Waals surface area contributed by atoms with Gasteiger partial charge in [-0.05, 0) is 129 Å². The van der Waals surface area contributed by atoms with Gasteiger partial charge in [0.25, 0.3) is 0 Å². The van der Waals surface area contributed by atoms with Crippen molar-refractivity contribution >= 4 is 0 Å². The highest BCUT2D eigenvalue weighted by Crippen LogP contribution is 2.38. The van der Waals surface area contributed by atoms with Crippen molar-refractivity contribution in [1.82, 2.24) is 0 Å². The second kappa shape index (κ2) is 12.3. The molecule has 7 rings (SSSR count). The third-order valence-corrected chi connectivity index (χ3v) is 8.65. The van der Waals surface area contributed by atoms with E-state index in [9.17, 15) is 0 Å². The van der Waals surface area contributed by atoms with Crippen molar-refractivity contribution < 1.29 is 0 Å². The molecule has 0 aliphatic rings. The highest BCUT2D eigenvalue weighted by molar-refractivity contribution is 5.85. The van der Waals surface area contributed by atoms with Crippen molar-refractivity contribution in [3.8, 4) is 66.8 Å². The number of aryl methyl sites for hydroxylation is 3. The van der Waals surface area contributed by atoms with Crippen LogP contribution in [0.5, 0.6) is 0 Å². The summed E-state index contributed by atoms with van der Waals surface area (Å²) in [5.41, 5.74) is 18.6. The minimum atomic E-state index is 1.22. The van der Waals surface area contributed by atoms with E-state index >= 15 is 0 Å². The molecule has 0 aliphatic heterocycles. The summed E-state index contributed by atoms with van der Waals surface area (Å²) in [7, 11) is 0. The lowest BCUT2D eigenvalue weighted by Gasteiger charge is -2.15. The van der Waals surface area contributed by atoms with Gasteiger partial charge in [-0.3, -0.25) is 0 Å². The number of hydrogen-bond donors (Lipinski definition) is 0. The fourth-order valence-corrected chi connectivity index (χ4v) is 6.32.